The number of aromatic nitrogens is 4. The van der Waals surface area contributed by atoms with Gasteiger partial charge in [-0.1, -0.05) is 24.3 Å². The van der Waals surface area contributed by atoms with E-state index in [2.05, 4.69) is 15.3 Å². The van der Waals surface area contributed by atoms with E-state index in [4.69, 9.17) is 4.74 Å². The van der Waals surface area contributed by atoms with Crippen LogP contribution in [0.15, 0.2) is 98.1 Å². The average molecular weight is 823 g/mol. The van der Waals surface area contributed by atoms with E-state index in [0.717, 1.165) is 22.1 Å². The smallest absolute Gasteiger partial charge is 0.306 e. The molecule has 0 atom stereocenters. The molecule has 15 heteroatoms. The summed E-state index contributed by atoms with van der Waals surface area (Å²) in [5.74, 6) is -2.23. The summed E-state index contributed by atoms with van der Waals surface area (Å²) in [6, 6.07) is 18.0. The topological polar surface area (TPSA) is 169 Å². The number of carbonyl (C=O) groups excluding carboxylic acids is 6. The number of ether oxygens (including phenoxy) is 1. The monoisotopic (exact) mass is 822 g/mol. The van der Waals surface area contributed by atoms with Gasteiger partial charge in [0.25, 0.3) is 23.6 Å². The molecule has 1 N–H and O–H groups in total. The van der Waals surface area contributed by atoms with Crippen molar-refractivity contribution in [2.45, 2.75) is 52.1 Å². The fraction of sp³-hybridized carbons (Fsp3) is 0.304. The van der Waals surface area contributed by atoms with E-state index < -0.39 is 23.4 Å². The van der Waals surface area contributed by atoms with Crippen molar-refractivity contribution < 1.29 is 33.5 Å². The highest BCUT2D eigenvalue weighted by molar-refractivity contribution is 6.27. The van der Waals surface area contributed by atoms with Gasteiger partial charge >= 0.3 is 5.97 Å². The number of esters is 1. The first kappa shape index (κ1) is 40.8. The molecule has 0 radical (unpaired) electrons. The third-order valence-electron chi connectivity index (χ3n) is 10.9. The first-order valence-electron chi connectivity index (χ1n) is 20.4. The molecule has 0 aliphatic carbocycles. The van der Waals surface area contributed by atoms with E-state index in [0.29, 0.717) is 59.1 Å². The molecule has 0 spiro atoms. The zero-order valence-electron chi connectivity index (χ0n) is 34.3. The molecular weight excluding hydrogens is 777 g/mol. The molecule has 6 aromatic rings. The predicted molar refractivity (Wildman–Crippen MR) is 227 cm³/mol. The average Bonchev–Trinajstić information content (AvgIpc) is 3.98. The maximum atomic E-state index is 13.9. The van der Waals surface area contributed by atoms with E-state index in [9.17, 15) is 28.8 Å². The summed E-state index contributed by atoms with van der Waals surface area (Å²) >= 11 is 0. The van der Waals surface area contributed by atoms with Crippen LogP contribution in [0.1, 0.15) is 87.9 Å². The lowest BCUT2D eigenvalue weighted by Crippen LogP contribution is -2.46. The van der Waals surface area contributed by atoms with Crippen LogP contribution in [0.4, 0.5) is 0 Å². The number of nitrogens with one attached hydrogen (secondary N) is 1. The SMILES string of the molecule is CC(C)(C)OC(=O)CCCC(=O)N(CCCNCCN1C(=O)c2cccc3c(-n4ccnc4)ccc(c23)C1=O)CCN1C(=O)c2cccc3c(-n4ccnc4)ccc(c23)C1=O. The largest absolute Gasteiger partial charge is 0.460 e. The van der Waals surface area contributed by atoms with Crippen molar-refractivity contribution in [2.24, 2.45) is 0 Å². The van der Waals surface area contributed by atoms with Gasteiger partial charge in [-0.05, 0) is 76.6 Å². The summed E-state index contributed by atoms with van der Waals surface area (Å²) in [7, 11) is 0. The Morgan fingerprint density at radius 1 is 0.639 bits per heavy atom. The Balaban J connectivity index is 0.904. The molecule has 0 saturated carbocycles. The Labute approximate surface area is 351 Å². The summed E-state index contributed by atoms with van der Waals surface area (Å²) in [5.41, 5.74) is 2.69. The second-order valence-corrected chi connectivity index (χ2v) is 16.1. The standard InChI is InChI=1S/C46H46N8O7/c1-46(2,3)61-39(56)13-6-12-38(55)50(26-27-54-43(58)33-11-5-9-31-37(52-24-20-49-29-52)17-15-35(41(31)33)45(54)60)22-7-18-47-21-25-53-42(57)32-10-4-8-30-36(51-23-19-48-28-51)16-14-34(40(30)32)44(53)59/h4-5,8-11,14-17,19-20,23-24,28-29,47H,6-7,12-13,18,21-22,25-27H2,1-3H3. The maximum absolute atomic E-state index is 13.9. The molecule has 61 heavy (non-hydrogen) atoms. The van der Waals surface area contributed by atoms with Gasteiger partial charge in [0.2, 0.25) is 5.91 Å². The summed E-state index contributed by atoms with van der Waals surface area (Å²) in [6.45, 7) is 6.63. The van der Waals surface area contributed by atoms with E-state index in [1.807, 2.05) is 45.7 Å². The van der Waals surface area contributed by atoms with Gasteiger partial charge in [0.15, 0.2) is 0 Å². The van der Waals surface area contributed by atoms with Gasteiger partial charge < -0.3 is 24.1 Å². The lowest BCUT2D eigenvalue weighted by Gasteiger charge is -2.31. The van der Waals surface area contributed by atoms with Crippen molar-refractivity contribution in [1.82, 2.24) is 39.1 Å². The lowest BCUT2D eigenvalue weighted by atomic mass is 9.93. The fourth-order valence-corrected chi connectivity index (χ4v) is 8.15. The highest BCUT2D eigenvalue weighted by Crippen LogP contribution is 2.35. The molecule has 0 unspecified atom stereocenters. The summed E-state index contributed by atoms with van der Waals surface area (Å²) in [4.78, 5) is 93.5. The normalized spacial score (nSPS) is 13.8. The number of carbonyl (C=O) groups is 6. The minimum Gasteiger partial charge on any atom is -0.460 e. The van der Waals surface area contributed by atoms with Crippen molar-refractivity contribution in [3.8, 4) is 11.4 Å². The third-order valence-corrected chi connectivity index (χ3v) is 10.9. The summed E-state index contributed by atoms with van der Waals surface area (Å²) < 4.78 is 9.09. The van der Waals surface area contributed by atoms with Gasteiger partial charge in [0.05, 0.1) is 24.0 Å². The van der Waals surface area contributed by atoms with Crippen LogP contribution in [-0.4, -0.2) is 114 Å². The number of imide groups is 2. The quantitative estimate of drug-likeness (QED) is 0.0740. The van der Waals surface area contributed by atoms with Crippen LogP contribution in [0.25, 0.3) is 32.9 Å². The van der Waals surface area contributed by atoms with E-state index in [1.54, 1.807) is 87.2 Å². The Bertz CT molecular complexity index is 2640. The molecule has 15 nitrogen and oxygen atoms in total. The number of nitrogens with zero attached hydrogens (tertiary/aromatic N) is 7. The van der Waals surface area contributed by atoms with Crippen LogP contribution in [0, 0.1) is 0 Å². The van der Waals surface area contributed by atoms with Gasteiger partial charge in [-0.2, -0.15) is 0 Å². The molecule has 0 saturated heterocycles. The third kappa shape index (κ3) is 8.16. The molecule has 4 heterocycles. The predicted octanol–water partition coefficient (Wildman–Crippen LogP) is 5.58. The van der Waals surface area contributed by atoms with Crippen LogP contribution in [-0.2, 0) is 14.3 Å². The molecule has 0 fully saturated rings. The maximum Gasteiger partial charge on any atom is 0.306 e. The first-order chi connectivity index (χ1) is 29.4. The van der Waals surface area contributed by atoms with Gasteiger partial charge in [0, 0.05) is 114 Å². The molecule has 2 aromatic heterocycles. The van der Waals surface area contributed by atoms with E-state index in [1.165, 1.54) is 9.80 Å². The Hall–Kier alpha value is -7.00. The highest BCUT2D eigenvalue weighted by Gasteiger charge is 2.35. The molecule has 2 aliphatic heterocycles. The minimum atomic E-state index is -0.643. The molecule has 2 aliphatic rings. The molecule has 312 valence electrons. The van der Waals surface area contributed by atoms with Crippen LogP contribution in [0.5, 0.6) is 0 Å². The van der Waals surface area contributed by atoms with Crippen molar-refractivity contribution in [3.63, 3.8) is 0 Å². The highest BCUT2D eigenvalue weighted by atomic mass is 16.6. The molecule has 4 aromatic carbocycles. The Morgan fingerprint density at radius 2 is 1.16 bits per heavy atom. The van der Waals surface area contributed by atoms with Gasteiger partial charge in [-0.3, -0.25) is 38.6 Å². The van der Waals surface area contributed by atoms with Gasteiger partial charge in [-0.15, -0.1) is 0 Å². The lowest BCUT2D eigenvalue weighted by molar-refractivity contribution is -0.155. The van der Waals surface area contributed by atoms with Gasteiger partial charge in [-0.25, -0.2) is 9.97 Å². The number of hydrogen-bond donors (Lipinski definition) is 1. The Morgan fingerprint density at radius 3 is 1.67 bits per heavy atom. The molecule has 0 bridgehead atoms. The van der Waals surface area contributed by atoms with Crippen LogP contribution in [0.2, 0.25) is 0 Å². The van der Waals surface area contributed by atoms with E-state index >= 15 is 0 Å². The second-order valence-electron chi connectivity index (χ2n) is 16.1. The number of imidazole rings is 2. The van der Waals surface area contributed by atoms with Crippen molar-refractivity contribution >= 4 is 57.1 Å². The molecule has 8 rings (SSSR count). The van der Waals surface area contributed by atoms with Crippen LogP contribution >= 0.6 is 0 Å². The summed E-state index contributed by atoms with van der Waals surface area (Å²) in [6.07, 6.45) is 11.2. The molecule has 5 amide bonds. The number of rotatable bonds is 16. The molecular formula is C46H46N8O7. The number of hydrogen-bond acceptors (Lipinski definition) is 10. The van der Waals surface area contributed by atoms with Crippen LogP contribution < -0.4 is 5.32 Å². The number of benzene rings is 4. The van der Waals surface area contributed by atoms with Crippen molar-refractivity contribution in [2.75, 3.05) is 39.3 Å². The van der Waals surface area contributed by atoms with E-state index in [-0.39, 0.29) is 56.6 Å². The number of amides is 5. The van der Waals surface area contributed by atoms with Gasteiger partial charge in [0.1, 0.15) is 5.60 Å². The zero-order valence-corrected chi connectivity index (χ0v) is 34.3. The van der Waals surface area contributed by atoms with Crippen molar-refractivity contribution in [3.05, 3.63) is 120 Å². The van der Waals surface area contributed by atoms with Crippen LogP contribution in [0.3, 0.4) is 0 Å². The minimum absolute atomic E-state index is 0.0285. The zero-order chi connectivity index (χ0) is 42.8. The first-order valence-corrected chi connectivity index (χ1v) is 20.4. The fourth-order valence-electron chi connectivity index (χ4n) is 8.15. The second kappa shape index (κ2) is 16.9. The summed E-state index contributed by atoms with van der Waals surface area (Å²) in [5, 5.41) is 6.04. The Kier molecular flexibility index (Phi) is 11.3. The van der Waals surface area contributed by atoms with Crippen molar-refractivity contribution in [1.29, 1.82) is 0 Å².